The zero-order valence-corrected chi connectivity index (χ0v) is 17.1. The van der Waals surface area contributed by atoms with Crippen LogP contribution in [-0.4, -0.2) is 17.7 Å². The summed E-state index contributed by atoms with van der Waals surface area (Å²) in [6.07, 6.45) is 3.84. The molecule has 152 valence electrons. The molecule has 2 aliphatic carbocycles. The highest BCUT2D eigenvalue weighted by atomic mass is 16.2. The number of allylic oxidation sites excluding steroid dienone is 2. The topological polar surface area (TPSA) is 66.5 Å². The summed E-state index contributed by atoms with van der Waals surface area (Å²) < 4.78 is 0. The third-order valence-corrected chi connectivity index (χ3v) is 6.92. The van der Waals surface area contributed by atoms with E-state index in [2.05, 4.69) is 11.4 Å². The molecule has 3 aliphatic rings. The monoisotopic (exact) mass is 400 g/mol. The Morgan fingerprint density at radius 3 is 2.53 bits per heavy atom. The highest BCUT2D eigenvalue weighted by molar-refractivity contribution is 6.25. The number of aryl methyl sites for hydroxylation is 1. The van der Waals surface area contributed by atoms with E-state index in [4.69, 9.17) is 0 Å². The van der Waals surface area contributed by atoms with Crippen molar-refractivity contribution in [2.75, 3.05) is 10.2 Å². The van der Waals surface area contributed by atoms with Gasteiger partial charge in [0.25, 0.3) is 5.91 Å². The second-order valence-electron chi connectivity index (χ2n) is 8.46. The molecule has 4 atom stereocenters. The third kappa shape index (κ3) is 2.65. The minimum Gasteiger partial charge on any atom is -0.322 e. The Morgan fingerprint density at radius 2 is 1.73 bits per heavy atom. The van der Waals surface area contributed by atoms with Crippen LogP contribution in [0, 0.1) is 23.7 Å². The summed E-state index contributed by atoms with van der Waals surface area (Å²) in [6.45, 7) is 4.08. The van der Waals surface area contributed by atoms with Gasteiger partial charge >= 0.3 is 0 Å². The maximum absolute atomic E-state index is 13.3. The molecule has 2 aromatic rings. The Kier molecular flexibility index (Phi) is 4.35. The molecule has 5 rings (SSSR count). The van der Waals surface area contributed by atoms with E-state index in [0.29, 0.717) is 11.3 Å². The van der Waals surface area contributed by atoms with Crippen molar-refractivity contribution in [1.29, 1.82) is 0 Å². The number of imide groups is 1. The lowest BCUT2D eigenvalue weighted by Crippen LogP contribution is -2.34. The number of hydrogen-bond donors (Lipinski definition) is 1. The Hall–Kier alpha value is -3.21. The maximum Gasteiger partial charge on any atom is 0.257 e. The van der Waals surface area contributed by atoms with E-state index in [1.807, 2.05) is 38.1 Å². The van der Waals surface area contributed by atoms with Crippen LogP contribution in [0.2, 0.25) is 0 Å². The molecular formula is C25H24N2O3. The Labute approximate surface area is 175 Å². The first-order valence-electron chi connectivity index (χ1n) is 10.6. The van der Waals surface area contributed by atoms with Crippen LogP contribution in [0.3, 0.4) is 0 Å². The van der Waals surface area contributed by atoms with Gasteiger partial charge in [0, 0.05) is 5.69 Å². The van der Waals surface area contributed by atoms with Gasteiger partial charge < -0.3 is 5.32 Å². The Balaban J connectivity index is 1.48. The van der Waals surface area contributed by atoms with Gasteiger partial charge in [0.2, 0.25) is 11.8 Å². The minimum atomic E-state index is -0.318. The lowest BCUT2D eigenvalue weighted by molar-refractivity contribution is -0.123. The van der Waals surface area contributed by atoms with Gasteiger partial charge in [0.05, 0.1) is 23.1 Å². The summed E-state index contributed by atoms with van der Waals surface area (Å²) >= 11 is 0. The number of nitrogens with zero attached hydrogens (tertiary/aromatic N) is 1. The number of amides is 3. The molecule has 5 nitrogen and oxygen atoms in total. The van der Waals surface area contributed by atoms with E-state index in [0.717, 1.165) is 24.1 Å². The second kappa shape index (κ2) is 6.94. The van der Waals surface area contributed by atoms with Gasteiger partial charge in [-0.05, 0) is 55.4 Å². The molecule has 0 spiro atoms. The van der Waals surface area contributed by atoms with Gasteiger partial charge in [-0.1, -0.05) is 48.9 Å². The Bertz CT molecular complexity index is 1100. The molecule has 3 amide bonds. The smallest absolute Gasteiger partial charge is 0.257 e. The lowest BCUT2D eigenvalue weighted by atomic mass is 9.82. The van der Waals surface area contributed by atoms with E-state index < -0.39 is 0 Å². The zero-order chi connectivity index (χ0) is 21.0. The number of fused-ring (bicyclic) bond motifs is 5. The lowest BCUT2D eigenvalue weighted by Gasteiger charge is -2.21. The molecule has 1 saturated heterocycles. The molecular weight excluding hydrogens is 376 g/mol. The number of carbonyl (C=O) groups excluding carboxylic acids is 3. The van der Waals surface area contributed by atoms with Gasteiger partial charge in [-0.3, -0.25) is 14.4 Å². The van der Waals surface area contributed by atoms with Crippen LogP contribution in [0.1, 0.15) is 36.2 Å². The molecule has 1 heterocycles. The molecule has 0 radical (unpaired) electrons. The highest BCUT2D eigenvalue weighted by Crippen LogP contribution is 2.56. The van der Waals surface area contributed by atoms with Crippen LogP contribution < -0.4 is 10.2 Å². The fourth-order valence-electron chi connectivity index (χ4n) is 5.51. The minimum absolute atomic E-state index is 0.138. The fraction of sp³-hybridized carbons (Fsp3) is 0.320. The first-order valence-corrected chi connectivity index (χ1v) is 10.6. The summed E-state index contributed by atoms with van der Waals surface area (Å²) in [6, 6.07) is 14.5. The molecule has 0 aromatic heterocycles. The van der Waals surface area contributed by atoms with Crippen LogP contribution in [0.15, 0.2) is 60.2 Å². The fourth-order valence-corrected chi connectivity index (χ4v) is 5.51. The molecule has 0 unspecified atom stereocenters. The van der Waals surface area contributed by atoms with E-state index in [1.54, 1.807) is 24.3 Å². The number of nitrogens with one attached hydrogen (secondary N) is 1. The van der Waals surface area contributed by atoms with Gasteiger partial charge in [-0.25, -0.2) is 4.90 Å². The van der Waals surface area contributed by atoms with Crippen LogP contribution in [0.25, 0.3) is 0 Å². The van der Waals surface area contributed by atoms with Gasteiger partial charge in [0.1, 0.15) is 0 Å². The van der Waals surface area contributed by atoms with E-state index >= 15 is 0 Å². The van der Waals surface area contributed by atoms with Gasteiger partial charge in [-0.2, -0.15) is 0 Å². The van der Waals surface area contributed by atoms with Gasteiger partial charge in [0.15, 0.2) is 0 Å². The second-order valence-corrected chi connectivity index (χ2v) is 8.46. The average Bonchev–Trinajstić information content (AvgIpc) is 3.39. The highest BCUT2D eigenvalue weighted by Gasteiger charge is 2.61. The van der Waals surface area contributed by atoms with Crippen molar-refractivity contribution in [2.45, 2.75) is 26.7 Å². The summed E-state index contributed by atoms with van der Waals surface area (Å²) in [5.74, 6) is -0.943. The van der Waals surface area contributed by atoms with Crippen molar-refractivity contribution in [2.24, 2.45) is 23.7 Å². The van der Waals surface area contributed by atoms with Crippen molar-refractivity contribution >= 4 is 29.1 Å². The number of benzene rings is 2. The SMILES string of the molecule is CCc1ccccc1NC(=O)c1ccccc1N1C(=O)[C@@H]2[C@H](C1=O)[C@H]1C=C(C)[C@H]2C1. The maximum atomic E-state index is 13.3. The van der Waals surface area contributed by atoms with Gasteiger partial charge in [-0.15, -0.1) is 0 Å². The van der Waals surface area contributed by atoms with Crippen molar-refractivity contribution in [3.63, 3.8) is 0 Å². The predicted molar refractivity (Wildman–Crippen MR) is 115 cm³/mol. The molecule has 2 bridgehead atoms. The quantitative estimate of drug-likeness (QED) is 0.618. The summed E-state index contributed by atoms with van der Waals surface area (Å²) in [4.78, 5) is 41.0. The van der Waals surface area contributed by atoms with E-state index in [-0.39, 0.29) is 41.4 Å². The van der Waals surface area contributed by atoms with Crippen LogP contribution in [0.4, 0.5) is 11.4 Å². The molecule has 1 N–H and O–H groups in total. The Morgan fingerprint density at radius 1 is 1.03 bits per heavy atom. The normalized spacial score (nSPS) is 26.7. The van der Waals surface area contributed by atoms with Crippen LogP contribution >= 0.6 is 0 Å². The molecule has 2 aromatic carbocycles. The number of carbonyl (C=O) groups is 3. The summed E-state index contributed by atoms with van der Waals surface area (Å²) in [5.41, 5.74) is 3.71. The number of para-hydroxylation sites is 2. The van der Waals surface area contributed by atoms with Crippen molar-refractivity contribution in [3.05, 3.63) is 71.3 Å². The van der Waals surface area contributed by atoms with Crippen LogP contribution in [-0.2, 0) is 16.0 Å². The number of rotatable bonds is 4. The van der Waals surface area contributed by atoms with E-state index in [9.17, 15) is 14.4 Å². The average molecular weight is 400 g/mol. The summed E-state index contributed by atoms with van der Waals surface area (Å²) in [7, 11) is 0. The van der Waals surface area contributed by atoms with Crippen molar-refractivity contribution in [3.8, 4) is 0 Å². The molecule has 2 fully saturated rings. The molecule has 5 heteroatoms. The molecule has 1 saturated carbocycles. The number of hydrogen-bond acceptors (Lipinski definition) is 3. The first-order chi connectivity index (χ1) is 14.5. The number of anilines is 2. The molecule has 30 heavy (non-hydrogen) atoms. The van der Waals surface area contributed by atoms with Crippen LogP contribution in [0.5, 0.6) is 0 Å². The predicted octanol–water partition coefficient (Wildman–Crippen LogP) is 4.20. The molecule has 1 aliphatic heterocycles. The zero-order valence-electron chi connectivity index (χ0n) is 17.1. The van der Waals surface area contributed by atoms with E-state index in [1.165, 1.54) is 10.5 Å². The largest absolute Gasteiger partial charge is 0.322 e. The van der Waals surface area contributed by atoms with Crippen molar-refractivity contribution in [1.82, 2.24) is 0 Å². The summed E-state index contributed by atoms with van der Waals surface area (Å²) in [5, 5.41) is 2.96. The first kappa shape index (κ1) is 18.8. The van der Waals surface area contributed by atoms with Crippen molar-refractivity contribution < 1.29 is 14.4 Å². The standard InChI is InChI=1S/C25H24N2O3/c1-3-15-8-4-6-10-19(15)26-23(28)17-9-5-7-11-20(17)27-24(29)21-16-12-14(2)18(13-16)22(21)25(27)30/h4-12,16,18,21-22H,3,13H2,1-2H3,(H,26,28)/t16-,18+,21+,22-/m0/s1. The third-order valence-electron chi connectivity index (χ3n) is 6.92.